The van der Waals surface area contributed by atoms with Gasteiger partial charge in [0.05, 0.1) is 0 Å². The molecule has 17 heavy (non-hydrogen) atoms. The second-order valence-corrected chi connectivity index (χ2v) is 4.59. The molecule has 1 aromatic rings. The number of rotatable bonds is 2. The third-order valence-electron chi connectivity index (χ3n) is 1.61. The summed E-state index contributed by atoms with van der Waals surface area (Å²) in [7, 11) is -5.31. The van der Waals surface area contributed by atoms with E-state index in [0.717, 1.165) is 5.56 Å². The normalized spacial score (nSPS) is 11.4. The predicted molar refractivity (Wildman–Crippen MR) is 61.1 cm³/mol. The Balaban J connectivity index is 0.00000121. The van der Waals surface area contributed by atoms with Crippen LogP contribution >= 0.6 is 0 Å². The Kier molecular flexibility index (Phi) is 5.47. The van der Waals surface area contributed by atoms with Gasteiger partial charge in [-0.2, -0.15) is 21.6 Å². The fourth-order valence-electron chi connectivity index (χ4n) is 0.835. The number of halogens is 3. The van der Waals surface area contributed by atoms with E-state index in [4.69, 9.17) is 0 Å². The molecule has 0 aliphatic heterocycles. The van der Waals surface area contributed by atoms with Gasteiger partial charge in [-0.25, -0.2) is 0 Å². The van der Waals surface area contributed by atoms with Crippen molar-refractivity contribution in [2.45, 2.75) is 26.3 Å². The van der Waals surface area contributed by atoms with Gasteiger partial charge < -0.3 is 0 Å². The maximum Gasteiger partial charge on any atom is 0.516 e. The number of anilines is 1. The van der Waals surface area contributed by atoms with Crippen LogP contribution < -0.4 is 4.72 Å². The molecule has 0 amide bonds. The van der Waals surface area contributed by atoms with Crippen LogP contribution in [0, 0.1) is 6.92 Å². The van der Waals surface area contributed by atoms with E-state index in [-0.39, 0.29) is 5.69 Å². The SMILES string of the molecule is CC.Cc1ccc(NS(=O)(=O)C(F)(F)F)cc1. The summed E-state index contributed by atoms with van der Waals surface area (Å²) in [5.41, 5.74) is -4.58. The Hall–Kier alpha value is -1.24. The molecule has 0 saturated carbocycles. The monoisotopic (exact) mass is 269 g/mol. The van der Waals surface area contributed by atoms with E-state index < -0.39 is 15.5 Å². The Labute approximate surface area is 98.7 Å². The minimum Gasteiger partial charge on any atom is -0.276 e. The highest BCUT2D eigenvalue weighted by molar-refractivity contribution is 7.93. The standard InChI is InChI=1S/C8H8F3NO2S.C2H6/c1-6-2-4-7(5-3-6)12-15(13,14)8(9,10)11;1-2/h2-5,12H,1H3;1-2H3. The van der Waals surface area contributed by atoms with Crippen molar-refractivity contribution in [3.63, 3.8) is 0 Å². The minimum atomic E-state index is -5.31. The molecule has 3 nitrogen and oxygen atoms in total. The van der Waals surface area contributed by atoms with Gasteiger partial charge in [0, 0.05) is 5.69 Å². The maximum absolute atomic E-state index is 11.9. The molecule has 98 valence electrons. The molecule has 0 aliphatic rings. The van der Waals surface area contributed by atoms with Crippen molar-refractivity contribution in [3.8, 4) is 0 Å². The topological polar surface area (TPSA) is 46.2 Å². The van der Waals surface area contributed by atoms with Crippen molar-refractivity contribution < 1.29 is 21.6 Å². The van der Waals surface area contributed by atoms with Crippen molar-refractivity contribution in [3.05, 3.63) is 29.8 Å². The molecule has 0 heterocycles. The van der Waals surface area contributed by atoms with Crippen LogP contribution in [0.5, 0.6) is 0 Å². The molecule has 0 aliphatic carbocycles. The van der Waals surface area contributed by atoms with Gasteiger partial charge in [-0.1, -0.05) is 31.5 Å². The molecule has 0 fully saturated rings. The van der Waals surface area contributed by atoms with Crippen LogP contribution in [0.25, 0.3) is 0 Å². The van der Waals surface area contributed by atoms with Crippen LogP contribution in [0.4, 0.5) is 18.9 Å². The molecule has 1 N–H and O–H groups in total. The number of aryl methyl sites for hydroxylation is 1. The number of alkyl halides is 3. The molecule has 7 heteroatoms. The van der Waals surface area contributed by atoms with Crippen molar-refractivity contribution in [1.29, 1.82) is 0 Å². The number of hydrogen-bond donors (Lipinski definition) is 1. The molecule has 0 aromatic heterocycles. The summed E-state index contributed by atoms with van der Waals surface area (Å²) in [5, 5.41) is 0. The minimum absolute atomic E-state index is 0.113. The fourth-order valence-corrected chi connectivity index (χ4v) is 1.40. The largest absolute Gasteiger partial charge is 0.516 e. The quantitative estimate of drug-likeness (QED) is 0.895. The van der Waals surface area contributed by atoms with E-state index in [9.17, 15) is 21.6 Å². The Morgan fingerprint density at radius 3 is 1.82 bits per heavy atom. The zero-order chi connectivity index (χ0) is 13.7. The second-order valence-electron chi connectivity index (χ2n) is 2.92. The van der Waals surface area contributed by atoms with Gasteiger partial charge >= 0.3 is 15.5 Å². The molecular formula is C10H14F3NO2S. The van der Waals surface area contributed by atoms with Gasteiger partial charge in [0.2, 0.25) is 0 Å². The van der Waals surface area contributed by atoms with Crippen LogP contribution in [-0.2, 0) is 10.0 Å². The van der Waals surface area contributed by atoms with Gasteiger partial charge in [-0.05, 0) is 19.1 Å². The van der Waals surface area contributed by atoms with E-state index in [2.05, 4.69) is 0 Å². The summed E-state index contributed by atoms with van der Waals surface area (Å²) in [6.07, 6.45) is 0. The predicted octanol–water partition coefficient (Wildman–Crippen LogP) is 3.28. The number of hydrogen-bond acceptors (Lipinski definition) is 2. The van der Waals surface area contributed by atoms with Crippen LogP contribution in [0.2, 0.25) is 0 Å². The van der Waals surface area contributed by atoms with Gasteiger partial charge in [0.1, 0.15) is 0 Å². The molecule has 1 aromatic carbocycles. The van der Waals surface area contributed by atoms with E-state index >= 15 is 0 Å². The second kappa shape index (κ2) is 5.90. The van der Waals surface area contributed by atoms with Gasteiger partial charge in [-0.3, -0.25) is 4.72 Å². The number of benzene rings is 1. The maximum atomic E-state index is 11.9. The fraction of sp³-hybridized carbons (Fsp3) is 0.400. The Morgan fingerprint density at radius 1 is 1.06 bits per heavy atom. The van der Waals surface area contributed by atoms with E-state index in [1.807, 2.05) is 13.8 Å². The average Bonchev–Trinajstić information content (AvgIpc) is 2.22. The zero-order valence-corrected chi connectivity index (χ0v) is 10.5. The summed E-state index contributed by atoms with van der Waals surface area (Å²) in [6, 6.07) is 5.54. The lowest BCUT2D eigenvalue weighted by molar-refractivity contribution is -0.0429. The van der Waals surface area contributed by atoms with Gasteiger partial charge in [0.25, 0.3) is 0 Å². The molecule has 0 unspecified atom stereocenters. The van der Waals surface area contributed by atoms with Gasteiger partial charge in [0.15, 0.2) is 0 Å². The van der Waals surface area contributed by atoms with Gasteiger partial charge in [-0.15, -0.1) is 0 Å². The summed E-state index contributed by atoms with van der Waals surface area (Å²) in [6.45, 7) is 5.74. The Bertz CT molecular complexity index is 438. The molecule has 0 atom stereocenters. The molecule has 0 radical (unpaired) electrons. The van der Waals surface area contributed by atoms with Crippen molar-refractivity contribution in [1.82, 2.24) is 0 Å². The third-order valence-corrected chi connectivity index (χ3v) is 2.72. The van der Waals surface area contributed by atoms with Crippen LogP contribution in [0.1, 0.15) is 19.4 Å². The summed E-state index contributed by atoms with van der Waals surface area (Å²) < 4.78 is 58.6. The van der Waals surface area contributed by atoms with Crippen molar-refractivity contribution >= 4 is 15.7 Å². The van der Waals surface area contributed by atoms with E-state index in [1.54, 1.807) is 6.92 Å². The molecular weight excluding hydrogens is 255 g/mol. The van der Waals surface area contributed by atoms with Crippen LogP contribution in [0.15, 0.2) is 24.3 Å². The van der Waals surface area contributed by atoms with Crippen molar-refractivity contribution in [2.24, 2.45) is 0 Å². The third kappa shape index (κ3) is 4.64. The first-order valence-electron chi connectivity index (χ1n) is 4.88. The van der Waals surface area contributed by atoms with E-state index in [1.165, 1.54) is 29.0 Å². The van der Waals surface area contributed by atoms with Crippen LogP contribution in [0.3, 0.4) is 0 Å². The highest BCUT2D eigenvalue weighted by atomic mass is 32.2. The van der Waals surface area contributed by atoms with Crippen LogP contribution in [-0.4, -0.2) is 13.9 Å². The molecule has 0 saturated heterocycles. The van der Waals surface area contributed by atoms with E-state index in [0.29, 0.717) is 0 Å². The number of nitrogens with one attached hydrogen (secondary N) is 1. The summed E-state index contributed by atoms with van der Waals surface area (Å²) in [5.74, 6) is 0. The lowest BCUT2D eigenvalue weighted by atomic mass is 10.2. The summed E-state index contributed by atoms with van der Waals surface area (Å²) in [4.78, 5) is 0. The lowest BCUT2D eigenvalue weighted by Gasteiger charge is -2.10. The zero-order valence-electron chi connectivity index (χ0n) is 9.67. The van der Waals surface area contributed by atoms with Crippen molar-refractivity contribution in [2.75, 3.05) is 4.72 Å². The average molecular weight is 269 g/mol. The Morgan fingerprint density at radius 2 is 1.47 bits per heavy atom. The summed E-state index contributed by atoms with van der Waals surface area (Å²) >= 11 is 0. The lowest BCUT2D eigenvalue weighted by Crippen LogP contribution is -2.29. The smallest absolute Gasteiger partial charge is 0.276 e. The first-order valence-corrected chi connectivity index (χ1v) is 6.36. The first kappa shape index (κ1) is 15.8. The number of sulfonamides is 1. The first-order chi connectivity index (χ1) is 7.72. The molecule has 0 spiro atoms. The highest BCUT2D eigenvalue weighted by Gasteiger charge is 2.45. The highest BCUT2D eigenvalue weighted by Crippen LogP contribution is 2.25. The molecule has 0 bridgehead atoms. The molecule has 1 rings (SSSR count).